The Labute approximate surface area is 165 Å². The highest BCUT2D eigenvalue weighted by molar-refractivity contribution is 7.17. The van der Waals surface area contributed by atoms with Crippen molar-refractivity contribution in [2.75, 3.05) is 12.4 Å². The van der Waals surface area contributed by atoms with E-state index < -0.39 is 18.4 Å². The average Bonchev–Trinajstić information content (AvgIpc) is 3.24. The van der Waals surface area contributed by atoms with E-state index in [4.69, 9.17) is 4.74 Å². The minimum Gasteiger partial charge on any atom is -0.465 e. The van der Waals surface area contributed by atoms with Crippen LogP contribution in [0.1, 0.15) is 65.0 Å². The summed E-state index contributed by atoms with van der Waals surface area (Å²) in [6.45, 7) is 3.76. The summed E-state index contributed by atoms with van der Waals surface area (Å²) < 4.78 is 30.7. The van der Waals surface area contributed by atoms with Gasteiger partial charge in [-0.25, -0.2) is 9.48 Å². The number of thiophene rings is 1. The number of esters is 1. The molecule has 1 amide bonds. The first-order valence-electron chi connectivity index (χ1n) is 8.99. The Morgan fingerprint density at radius 3 is 2.68 bits per heavy atom. The number of nitrogens with zero attached hydrogens (tertiary/aromatic N) is 2. The van der Waals surface area contributed by atoms with Gasteiger partial charge >= 0.3 is 12.5 Å². The lowest BCUT2D eigenvalue weighted by atomic mass is 9.72. The Morgan fingerprint density at radius 1 is 1.39 bits per heavy atom. The van der Waals surface area contributed by atoms with E-state index in [9.17, 15) is 18.4 Å². The molecule has 0 saturated carbocycles. The highest BCUT2D eigenvalue weighted by Crippen LogP contribution is 2.44. The first-order chi connectivity index (χ1) is 13.1. The molecule has 0 radical (unpaired) electrons. The third-order valence-corrected chi connectivity index (χ3v) is 6.32. The maximum absolute atomic E-state index is 12.7. The second-order valence-corrected chi connectivity index (χ2v) is 9.02. The van der Waals surface area contributed by atoms with E-state index in [0.717, 1.165) is 35.9 Å². The molecule has 9 heteroatoms. The molecule has 0 spiro atoms. The van der Waals surface area contributed by atoms with E-state index in [2.05, 4.69) is 31.2 Å². The van der Waals surface area contributed by atoms with E-state index in [-0.39, 0.29) is 11.1 Å². The summed E-state index contributed by atoms with van der Waals surface area (Å²) in [6.07, 6.45) is 3.54. The van der Waals surface area contributed by atoms with Crippen LogP contribution in [0.4, 0.5) is 13.8 Å². The Balaban J connectivity index is 1.91. The number of methoxy groups -OCH3 is 1. The van der Waals surface area contributed by atoms with Crippen LogP contribution in [0.5, 0.6) is 0 Å². The van der Waals surface area contributed by atoms with Crippen molar-refractivity contribution in [3.8, 4) is 0 Å². The summed E-state index contributed by atoms with van der Waals surface area (Å²) in [4.78, 5) is 25.9. The van der Waals surface area contributed by atoms with Crippen LogP contribution in [-0.2, 0) is 17.6 Å². The smallest absolute Gasteiger partial charge is 0.341 e. The number of aromatic nitrogens is 2. The van der Waals surface area contributed by atoms with Gasteiger partial charge in [0.15, 0.2) is 5.69 Å². The van der Waals surface area contributed by atoms with Crippen LogP contribution >= 0.6 is 11.3 Å². The molecule has 0 aromatic carbocycles. The number of carbonyl (C=O) groups excluding carboxylic acids is 2. The van der Waals surface area contributed by atoms with E-state index in [0.29, 0.717) is 21.2 Å². The van der Waals surface area contributed by atoms with Crippen molar-refractivity contribution in [3.05, 3.63) is 34.0 Å². The molecular formula is C19H23F2N3O3S. The number of ether oxygens (including phenoxy) is 1. The van der Waals surface area contributed by atoms with Crippen molar-refractivity contribution in [2.24, 2.45) is 11.3 Å². The molecule has 6 nitrogen and oxygen atoms in total. The van der Waals surface area contributed by atoms with Gasteiger partial charge in [-0.1, -0.05) is 20.8 Å². The third kappa shape index (κ3) is 3.94. The van der Waals surface area contributed by atoms with Crippen LogP contribution in [0.15, 0.2) is 12.3 Å². The highest BCUT2D eigenvalue weighted by Gasteiger charge is 2.34. The molecule has 0 aliphatic heterocycles. The summed E-state index contributed by atoms with van der Waals surface area (Å²) in [6, 6.07) is 1.21. The molecule has 1 aliphatic rings. The molecule has 0 unspecified atom stereocenters. The maximum Gasteiger partial charge on any atom is 0.341 e. The number of fused-ring (bicyclic) bond motifs is 1. The second kappa shape index (κ2) is 7.62. The van der Waals surface area contributed by atoms with Crippen LogP contribution < -0.4 is 5.32 Å². The van der Waals surface area contributed by atoms with Gasteiger partial charge in [-0.2, -0.15) is 13.9 Å². The van der Waals surface area contributed by atoms with Crippen molar-refractivity contribution >= 4 is 28.2 Å². The van der Waals surface area contributed by atoms with E-state index in [1.54, 1.807) is 0 Å². The van der Waals surface area contributed by atoms with Crippen LogP contribution in [0, 0.1) is 11.3 Å². The van der Waals surface area contributed by atoms with E-state index in [1.807, 2.05) is 0 Å². The Kier molecular flexibility index (Phi) is 5.56. The minimum absolute atomic E-state index is 0.138. The standard InChI is InChI=1S/C19H23F2N3O3S/c1-19(2,3)10-5-6-11-13(9-10)28-16(14(11)17(26)27-4)22-15(25)12-7-8-24(23-12)18(20)21/h7-8,10,18H,5-6,9H2,1-4H3,(H,22,25)/t10-/m0/s1. The van der Waals surface area contributed by atoms with Gasteiger partial charge in [0.05, 0.1) is 12.7 Å². The zero-order valence-corrected chi connectivity index (χ0v) is 17.0. The second-order valence-electron chi connectivity index (χ2n) is 7.92. The van der Waals surface area contributed by atoms with Gasteiger partial charge in [0.25, 0.3) is 5.91 Å². The van der Waals surface area contributed by atoms with Crippen LogP contribution in [0.3, 0.4) is 0 Å². The van der Waals surface area contributed by atoms with Crippen molar-refractivity contribution < 1.29 is 23.1 Å². The quantitative estimate of drug-likeness (QED) is 0.751. The molecule has 152 valence electrons. The van der Waals surface area contributed by atoms with Gasteiger partial charge < -0.3 is 10.1 Å². The van der Waals surface area contributed by atoms with Crippen molar-refractivity contribution in [1.29, 1.82) is 0 Å². The number of hydrogen-bond donors (Lipinski definition) is 1. The molecule has 2 aromatic rings. The fourth-order valence-corrected chi connectivity index (χ4v) is 4.78. The topological polar surface area (TPSA) is 73.2 Å². The molecule has 0 bridgehead atoms. The van der Waals surface area contributed by atoms with Gasteiger partial charge in [0.1, 0.15) is 5.00 Å². The summed E-state index contributed by atoms with van der Waals surface area (Å²) in [5.41, 5.74) is 1.26. The number of hydrogen-bond acceptors (Lipinski definition) is 5. The van der Waals surface area contributed by atoms with E-state index in [1.165, 1.54) is 24.5 Å². The first kappa shape index (κ1) is 20.4. The van der Waals surface area contributed by atoms with Crippen LogP contribution in [0.2, 0.25) is 0 Å². The lowest BCUT2D eigenvalue weighted by molar-refractivity contribution is 0.0560. The van der Waals surface area contributed by atoms with Crippen LogP contribution in [0.25, 0.3) is 0 Å². The number of rotatable bonds is 4. The predicted molar refractivity (Wildman–Crippen MR) is 102 cm³/mol. The summed E-state index contributed by atoms with van der Waals surface area (Å²) in [7, 11) is 1.29. The van der Waals surface area contributed by atoms with Crippen molar-refractivity contribution in [2.45, 2.75) is 46.6 Å². The Hall–Kier alpha value is -2.29. The molecule has 1 aliphatic carbocycles. The normalized spacial score (nSPS) is 16.8. The molecule has 2 heterocycles. The van der Waals surface area contributed by atoms with Gasteiger partial charge in [-0.05, 0) is 42.2 Å². The number of amides is 1. The number of alkyl halides is 2. The molecule has 1 N–H and O–H groups in total. The van der Waals surface area contributed by atoms with Gasteiger partial charge in [-0.3, -0.25) is 4.79 Å². The van der Waals surface area contributed by atoms with Gasteiger partial charge in [-0.15, -0.1) is 11.3 Å². The average molecular weight is 411 g/mol. The van der Waals surface area contributed by atoms with Gasteiger partial charge in [0, 0.05) is 11.1 Å². The SMILES string of the molecule is COC(=O)c1c(NC(=O)c2ccn(C(F)F)n2)sc2c1CC[C@H](C(C)(C)C)C2. The third-order valence-electron chi connectivity index (χ3n) is 5.15. The molecule has 3 rings (SSSR count). The maximum atomic E-state index is 12.7. The summed E-state index contributed by atoms with van der Waals surface area (Å²) in [5.74, 6) is -0.690. The highest BCUT2D eigenvalue weighted by atomic mass is 32.1. The summed E-state index contributed by atoms with van der Waals surface area (Å²) >= 11 is 1.35. The largest absolute Gasteiger partial charge is 0.465 e. The van der Waals surface area contributed by atoms with Crippen LogP contribution in [-0.4, -0.2) is 28.8 Å². The Bertz CT molecular complexity index is 899. The molecule has 28 heavy (non-hydrogen) atoms. The molecule has 0 fully saturated rings. The number of nitrogens with one attached hydrogen (secondary N) is 1. The number of carbonyl (C=O) groups is 2. The predicted octanol–water partition coefficient (Wildman–Crippen LogP) is 4.53. The van der Waals surface area contributed by atoms with Crippen molar-refractivity contribution in [1.82, 2.24) is 9.78 Å². The lowest BCUT2D eigenvalue weighted by Gasteiger charge is -2.33. The Morgan fingerprint density at radius 2 is 2.11 bits per heavy atom. The zero-order valence-electron chi connectivity index (χ0n) is 16.2. The molecular weight excluding hydrogens is 388 g/mol. The number of anilines is 1. The van der Waals surface area contributed by atoms with E-state index >= 15 is 0 Å². The molecule has 2 aromatic heterocycles. The fraction of sp³-hybridized carbons (Fsp3) is 0.526. The first-order valence-corrected chi connectivity index (χ1v) is 9.81. The monoisotopic (exact) mass is 411 g/mol. The zero-order chi connectivity index (χ0) is 20.6. The van der Waals surface area contributed by atoms with Gasteiger partial charge in [0.2, 0.25) is 0 Å². The molecule has 0 saturated heterocycles. The fourth-order valence-electron chi connectivity index (χ4n) is 3.47. The minimum atomic E-state index is -2.82. The van der Waals surface area contributed by atoms with Crippen molar-refractivity contribution in [3.63, 3.8) is 0 Å². The summed E-state index contributed by atoms with van der Waals surface area (Å²) in [5, 5.41) is 6.61. The lowest BCUT2D eigenvalue weighted by Crippen LogP contribution is -2.26. The molecule has 1 atom stereocenters. The number of halogens is 2.